The van der Waals surface area contributed by atoms with Crippen LogP contribution in [-0.4, -0.2) is 62.7 Å². The molecule has 2 N–H and O–H groups in total. The van der Waals surface area contributed by atoms with E-state index in [9.17, 15) is 9.59 Å². The standard InChI is InChI=1S/C14H25N3O3/c1-3-14(4-6-16-7-5-14)13(19)17-8-9-20-10-11(17)12(18)15-2/h11,16H,3-10H2,1-2H3,(H,15,18). The lowest BCUT2D eigenvalue weighted by Gasteiger charge is -2.43. The number of rotatable bonds is 3. The van der Waals surface area contributed by atoms with Gasteiger partial charge in [0.1, 0.15) is 6.04 Å². The average Bonchev–Trinajstić information content (AvgIpc) is 2.54. The van der Waals surface area contributed by atoms with Gasteiger partial charge in [0.25, 0.3) is 0 Å². The Kier molecular flexibility index (Phi) is 4.99. The normalized spacial score (nSPS) is 26.1. The van der Waals surface area contributed by atoms with Crippen LogP contribution in [-0.2, 0) is 14.3 Å². The molecule has 0 bridgehead atoms. The van der Waals surface area contributed by atoms with Crippen LogP contribution in [0.15, 0.2) is 0 Å². The summed E-state index contributed by atoms with van der Waals surface area (Å²) in [6.45, 7) is 5.12. The maximum absolute atomic E-state index is 13.0. The highest BCUT2D eigenvalue weighted by Gasteiger charge is 2.44. The summed E-state index contributed by atoms with van der Waals surface area (Å²) >= 11 is 0. The lowest BCUT2D eigenvalue weighted by molar-refractivity contribution is -0.158. The molecule has 2 aliphatic rings. The number of nitrogens with one attached hydrogen (secondary N) is 2. The van der Waals surface area contributed by atoms with Crippen molar-refractivity contribution < 1.29 is 14.3 Å². The summed E-state index contributed by atoms with van der Waals surface area (Å²) in [5, 5.41) is 5.93. The van der Waals surface area contributed by atoms with Gasteiger partial charge in [0, 0.05) is 13.6 Å². The fourth-order valence-electron chi connectivity index (χ4n) is 3.16. The molecule has 2 heterocycles. The van der Waals surface area contributed by atoms with Crippen molar-refractivity contribution in [3.63, 3.8) is 0 Å². The van der Waals surface area contributed by atoms with Crippen molar-refractivity contribution in [2.24, 2.45) is 5.41 Å². The van der Waals surface area contributed by atoms with E-state index in [1.165, 1.54) is 0 Å². The van der Waals surface area contributed by atoms with Crippen LogP contribution in [0.25, 0.3) is 0 Å². The smallest absolute Gasteiger partial charge is 0.244 e. The van der Waals surface area contributed by atoms with Crippen LogP contribution >= 0.6 is 0 Å². The van der Waals surface area contributed by atoms with Crippen LogP contribution in [0.1, 0.15) is 26.2 Å². The summed E-state index contributed by atoms with van der Waals surface area (Å²) in [7, 11) is 1.60. The molecule has 0 aromatic carbocycles. The highest BCUT2D eigenvalue weighted by Crippen LogP contribution is 2.35. The molecule has 2 saturated heterocycles. The maximum Gasteiger partial charge on any atom is 0.244 e. The number of morpholine rings is 1. The number of hydrogen-bond acceptors (Lipinski definition) is 4. The SMILES string of the molecule is CCC1(C(=O)N2CCOCC2C(=O)NC)CCNCC1. The summed E-state index contributed by atoms with van der Waals surface area (Å²) < 4.78 is 5.37. The van der Waals surface area contributed by atoms with Crippen molar-refractivity contribution in [1.29, 1.82) is 0 Å². The van der Waals surface area contributed by atoms with E-state index >= 15 is 0 Å². The third-order valence-corrected chi connectivity index (χ3v) is 4.63. The van der Waals surface area contributed by atoms with Crippen LogP contribution in [0.3, 0.4) is 0 Å². The molecular weight excluding hydrogens is 258 g/mol. The molecule has 1 unspecified atom stereocenters. The summed E-state index contributed by atoms with van der Waals surface area (Å²) in [5.41, 5.74) is -0.311. The molecule has 0 aliphatic carbocycles. The first kappa shape index (κ1) is 15.3. The number of ether oxygens (including phenoxy) is 1. The zero-order valence-corrected chi connectivity index (χ0v) is 12.4. The molecule has 2 fully saturated rings. The van der Waals surface area contributed by atoms with Gasteiger partial charge in [0.2, 0.25) is 11.8 Å². The minimum Gasteiger partial charge on any atom is -0.377 e. The number of amides is 2. The van der Waals surface area contributed by atoms with Gasteiger partial charge in [0.05, 0.1) is 18.6 Å². The molecule has 0 saturated carbocycles. The molecule has 0 aromatic rings. The second-order valence-electron chi connectivity index (χ2n) is 5.59. The van der Waals surface area contributed by atoms with E-state index < -0.39 is 6.04 Å². The zero-order valence-electron chi connectivity index (χ0n) is 12.4. The number of piperidine rings is 1. The van der Waals surface area contributed by atoms with E-state index in [-0.39, 0.29) is 17.2 Å². The summed E-state index contributed by atoms with van der Waals surface area (Å²) in [6.07, 6.45) is 2.52. The van der Waals surface area contributed by atoms with Crippen LogP contribution in [0.4, 0.5) is 0 Å². The minimum atomic E-state index is -0.487. The van der Waals surface area contributed by atoms with Gasteiger partial charge in [-0.3, -0.25) is 9.59 Å². The maximum atomic E-state index is 13.0. The summed E-state index contributed by atoms with van der Waals surface area (Å²) in [5.74, 6) is -0.0170. The van der Waals surface area contributed by atoms with E-state index in [0.29, 0.717) is 19.8 Å². The summed E-state index contributed by atoms with van der Waals surface area (Å²) in [6, 6.07) is -0.487. The van der Waals surface area contributed by atoms with Gasteiger partial charge in [-0.2, -0.15) is 0 Å². The molecule has 0 radical (unpaired) electrons. The topological polar surface area (TPSA) is 70.7 Å². The zero-order chi connectivity index (χ0) is 14.6. The Bertz CT molecular complexity index is 367. The molecule has 114 valence electrons. The number of likely N-dealkylation sites (N-methyl/N-ethyl adjacent to an activating group) is 1. The molecule has 0 aromatic heterocycles. The number of hydrogen-bond donors (Lipinski definition) is 2. The van der Waals surface area contributed by atoms with Crippen molar-refractivity contribution in [3.8, 4) is 0 Å². The predicted molar refractivity (Wildman–Crippen MR) is 75.2 cm³/mol. The first-order chi connectivity index (χ1) is 9.64. The van der Waals surface area contributed by atoms with Gasteiger partial charge in [-0.1, -0.05) is 6.92 Å². The van der Waals surface area contributed by atoms with Gasteiger partial charge in [0.15, 0.2) is 0 Å². The molecule has 2 rings (SSSR count). The lowest BCUT2D eigenvalue weighted by Crippen LogP contribution is -2.60. The van der Waals surface area contributed by atoms with Gasteiger partial charge in [-0.25, -0.2) is 0 Å². The van der Waals surface area contributed by atoms with Gasteiger partial charge >= 0.3 is 0 Å². The second-order valence-corrected chi connectivity index (χ2v) is 5.59. The molecule has 0 spiro atoms. The highest BCUT2D eigenvalue weighted by atomic mass is 16.5. The van der Waals surface area contributed by atoms with Gasteiger partial charge in [-0.15, -0.1) is 0 Å². The number of nitrogens with zero attached hydrogens (tertiary/aromatic N) is 1. The monoisotopic (exact) mass is 283 g/mol. The Hall–Kier alpha value is -1.14. The Labute approximate surface area is 120 Å². The van der Waals surface area contributed by atoms with E-state index in [4.69, 9.17) is 4.74 Å². The first-order valence-corrected chi connectivity index (χ1v) is 7.46. The minimum absolute atomic E-state index is 0.124. The molecular formula is C14H25N3O3. The van der Waals surface area contributed by atoms with Crippen molar-refractivity contribution in [1.82, 2.24) is 15.5 Å². The average molecular weight is 283 g/mol. The Morgan fingerprint density at radius 1 is 1.40 bits per heavy atom. The molecule has 20 heavy (non-hydrogen) atoms. The van der Waals surface area contributed by atoms with E-state index in [1.54, 1.807) is 11.9 Å². The van der Waals surface area contributed by atoms with Crippen molar-refractivity contribution in [2.75, 3.05) is 39.9 Å². The first-order valence-electron chi connectivity index (χ1n) is 7.46. The fraction of sp³-hybridized carbons (Fsp3) is 0.857. The van der Waals surface area contributed by atoms with Crippen LogP contribution in [0.2, 0.25) is 0 Å². The largest absolute Gasteiger partial charge is 0.377 e. The fourth-order valence-corrected chi connectivity index (χ4v) is 3.16. The Morgan fingerprint density at radius 2 is 2.10 bits per heavy atom. The predicted octanol–water partition coefficient (Wildman–Crippen LogP) is -0.260. The number of carbonyl (C=O) groups is 2. The Balaban J connectivity index is 2.17. The third-order valence-electron chi connectivity index (χ3n) is 4.63. The Morgan fingerprint density at radius 3 is 2.70 bits per heavy atom. The van der Waals surface area contributed by atoms with E-state index in [2.05, 4.69) is 17.6 Å². The van der Waals surface area contributed by atoms with Crippen LogP contribution in [0.5, 0.6) is 0 Å². The molecule has 2 amide bonds. The number of carbonyl (C=O) groups excluding carboxylic acids is 2. The summed E-state index contributed by atoms with van der Waals surface area (Å²) in [4.78, 5) is 26.7. The van der Waals surface area contributed by atoms with E-state index in [0.717, 1.165) is 32.4 Å². The molecule has 1 atom stereocenters. The van der Waals surface area contributed by atoms with Crippen LogP contribution in [0, 0.1) is 5.41 Å². The van der Waals surface area contributed by atoms with E-state index in [1.807, 2.05) is 0 Å². The molecule has 6 heteroatoms. The van der Waals surface area contributed by atoms with Crippen molar-refractivity contribution in [3.05, 3.63) is 0 Å². The molecule has 2 aliphatic heterocycles. The van der Waals surface area contributed by atoms with Crippen molar-refractivity contribution >= 4 is 11.8 Å². The quantitative estimate of drug-likeness (QED) is 0.749. The highest BCUT2D eigenvalue weighted by molar-refractivity contribution is 5.90. The van der Waals surface area contributed by atoms with Gasteiger partial charge < -0.3 is 20.3 Å². The lowest BCUT2D eigenvalue weighted by atomic mass is 9.75. The van der Waals surface area contributed by atoms with Gasteiger partial charge in [-0.05, 0) is 32.4 Å². The van der Waals surface area contributed by atoms with Crippen molar-refractivity contribution in [2.45, 2.75) is 32.2 Å². The second kappa shape index (κ2) is 6.54. The molecule has 6 nitrogen and oxygen atoms in total. The third kappa shape index (κ3) is 2.81. The van der Waals surface area contributed by atoms with Crippen LogP contribution < -0.4 is 10.6 Å².